The van der Waals surface area contributed by atoms with Crippen LogP contribution in [0.1, 0.15) is 122 Å². The summed E-state index contributed by atoms with van der Waals surface area (Å²) in [5.74, 6) is 1.09. The molecule has 0 radical (unpaired) electrons. The van der Waals surface area contributed by atoms with Gasteiger partial charge in [-0.25, -0.2) is 18.7 Å². The van der Waals surface area contributed by atoms with Gasteiger partial charge >= 0.3 is 0 Å². The van der Waals surface area contributed by atoms with E-state index in [0.29, 0.717) is 116 Å². The average molecular weight is 1100 g/mol. The molecular weight excluding hydrogens is 1030 g/mol. The standard InChI is InChI=1S/C70H66F2N4O6/c1-5-9-15-43-31-51-35-47-39-57(75-67(45-21-25-55(71)26-22-45)73-61-19-13-11-17-59(61)69(75)79)41-49(63(47)77)37-53-33-44(16-10-6-2)34-54(66(53)82-30-8-4)38-50-42-58(40-48(64(50)78)36-52(32-43)65(51)81-29-7-3)76-68(46-23-27-56(72)28-24-46)74-62-20-14-12-18-60(62)70(76)80/h11-14,17-28,31-34,39-42,77-78H,5-10,15-16,29-30,35-38H2,1-4H3. The lowest BCUT2D eigenvalue weighted by Crippen LogP contribution is -2.22. The zero-order valence-corrected chi connectivity index (χ0v) is 46.8. The Morgan fingerprint density at radius 3 is 1.12 bits per heavy atom. The first-order chi connectivity index (χ1) is 39.9. The summed E-state index contributed by atoms with van der Waals surface area (Å²) < 4.78 is 46.0. The summed E-state index contributed by atoms with van der Waals surface area (Å²) in [4.78, 5) is 40.4. The Labute approximate surface area is 476 Å². The number of unbranched alkanes of at least 4 members (excludes halogenated alkanes) is 2. The summed E-state index contributed by atoms with van der Waals surface area (Å²) in [6.07, 6.45) is 7.28. The largest absolute Gasteiger partial charge is 0.507 e. The van der Waals surface area contributed by atoms with E-state index in [1.807, 2.05) is 50.2 Å². The van der Waals surface area contributed by atoms with Gasteiger partial charge in [-0.1, -0.05) is 89.1 Å². The highest BCUT2D eigenvalue weighted by molar-refractivity contribution is 5.82. The third-order valence-corrected chi connectivity index (χ3v) is 15.4. The van der Waals surface area contributed by atoms with Gasteiger partial charge in [0.25, 0.3) is 11.1 Å². The van der Waals surface area contributed by atoms with E-state index in [2.05, 4.69) is 38.1 Å². The number of fused-ring (bicyclic) bond motifs is 10. The van der Waals surface area contributed by atoms with Crippen molar-refractivity contribution in [3.63, 3.8) is 0 Å². The number of nitrogens with zero attached hydrogens (tertiary/aromatic N) is 4. The molecule has 82 heavy (non-hydrogen) atoms. The molecule has 0 spiro atoms. The third kappa shape index (κ3) is 11.1. The van der Waals surface area contributed by atoms with Gasteiger partial charge in [-0.05, 0) is 169 Å². The number of ether oxygens (including phenoxy) is 2. The predicted octanol–water partition coefficient (Wildman–Crippen LogP) is 15.0. The smallest absolute Gasteiger partial charge is 0.266 e. The molecule has 11 rings (SSSR count). The van der Waals surface area contributed by atoms with Crippen molar-refractivity contribution in [2.45, 2.75) is 105 Å². The molecule has 0 saturated carbocycles. The van der Waals surface area contributed by atoms with Crippen LogP contribution in [0.25, 0.3) is 56.0 Å². The summed E-state index contributed by atoms with van der Waals surface area (Å²) in [6.45, 7) is 9.12. The van der Waals surface area contributed by atoms with Crippen molar-refractivity contribution in [2.75, 3.05) is 13.2 Å². The van der Waals surface area contributed by atoms with E-state index in [-0.39, 0.29) is 48.3 Å². The number of aryl methyl sites for hydroxylation is 2. The maximum atomic E-state index is 15.1. The average Bonchev–Trinajstić information content (AvgIpc) is 2.76. The number of benzene rings is 8. The maximum Gasteiger partial charge on any atom is 0.266 e. The fourth-order valence-corrected chi connectivity index (χ4v) is 11.4. The van der Waals surface area contributed by atoms with Crippen LogP contribution < -0.4 is 20.6 Å². The summed E-state index contributed by atoms with van der Waals surface area (Å²) in [7, 11) is 0. The molecule has 1 aliphatic rings. The lowest BCUT2D eigenvalue weighted by molar-refractivity contribution is 0.311. The highest BCUT2D eigenvalue weighted by Crippen LogP contribution is 2.42. The van der Waals surface area contributed by atoms with Crippen molar-refractivity contribution in [3.8, 4) is 57.1 Å². The minimum Gasteiger partial charge on any atom is -0.507 e. The SMILES string of the molecule is CCCCc1cc2c(OCCC)c(c1)Cc1cc(-n3c(-c4ccc(F)cc4)nc4ccccc4c3=O)cc(c1O)Cc1cc(CCCC)cc(c1OCCC)Cc1cc(-n3c(-c4ccc(F)cc4)nc4ccccc4c3=O)cc(c1O)C2. The van der Waals surface area contributed by atoms with Gasteiger partial charge in [0, 0.05) is 59.1 Å². The minimum absolute atomic E-state index is 0.0591. The Kier molecular flexibility index (Phi) is 16.1. The molecule has 8 bridgehead atoms. The molecular formula is C70H66F2N4O6. The Hall–Kier alpha value is -8.90. The van der Waals surface area contributed by atoms with Gasteiger partial charge in [0.15, 0.2) is 0 Å². The Morgan fingerprint density at radius 1 is 0.451 bits per heavy atom. The molecule has 2 aromatic heterocycles. The summed E-state index contributed by atoms with van der Waals surface area (Å²) >= 11 is 0. The van der Waals surface area contributed by atoms with Crippen LogP contribution in [0.4, 0.5) is 8.78 Å². The number of phenolic OH excluding ortho intramolecular Hbond substituents is 2. The molecule has 10 aromatic rings. The number of rotatable bonds is 16. The molecule has 12 heteroatoms. The number of aromatic hydroxyl groups is 2. The first-order valence-corrected chi connectivity index (χ1v) is 28.7. The maximum absolute atomic E-state index is 15.1. The summed E-state index contributed by atoms with van der Waals surface area (Å²) in [6, 6.07) is 42.2. The van der Waals surface area contributed by atoms with Crippen molar-refractivity contribution in [1.82, 2.24) is 19.1 Å². The third-order valence-electron chi connectivity index (χ3n) is 15.4. The second-order valence-electron chi connectivity index (χ2n) is 21.5. The van der Waals surface area contributed by atoms with Gasteiger partial charge in [-0.2, -0.15) is 0 Å². The first kappa shape index (κ1) is 55.0. The molecule has 2 N–H and O–H groups in total. The molecule has 0 amide bonds. The number of hydrogen-bond donors (Lipinski definition) is 2. The van der Waals surface area contributed by atoms with Crippen LogP contribution in [0, 0.1) is 11.6 Å². The topological polar surface area (TPSA) is 129 Å². The Morgan fingerprint density at radius 2 is 0.793 bits per heavy atom. The van der Waals surface area contributed by atoms with Crippen LogP contribution >= 0.6 is 0 Å². The lowest BCUT2D eigenvalue weighted by atomic mass is 9.88. The molecule has 416 valence electrons. The molecule has 0 unspecified atom stereocenters. The lowest BCUT2D eigenvalue weighted by Gasteiger charge is -2.24. The van der Waals surface area contributed by atoms with E-state index >= 15 is 9.59 Å². The second-order valence-corrected chi connectivity index (χ2v) is 21.5. The number of aromatic nitrogens is 4. The number of para-hydroxylation sites is 2. The number of halogens is 2. The fraction of sp³-hybridized carbons (Fsp3) is 0.257. The van der Waals surface area contributed by atoms with E-state index in [9.17, 15) is 19.0 Å². The van der Waals surface area contributed by atoms with E-state index in [1.54, 1.807) is 69.8 Å². The van der Waals surface area contributed by atoms with Gasteiger partial charge in [0.1, 0.15) is 46.3 Å². The molecule has 0 fully saturated rings. The van der Waals surface area contributed by atoms with Crippen LogP contribution in [0.2, 0.25) is 0 Å². The van der Waals surface area contributed by atoms with E-state index in [0.717, 1.165) is 71.9 Å². The van der Waals surface area contributed by atoms with Crippen LogP contribution in [0.3, 0.4) is 0 Å². The Bertz CT molecular complexity index is 3790. The van der Waals surface area contributed by atoms with E-state index < -0.39 is 11.6 Å². The van der Waals surface area contributed by atoms with Gasteiger partial charge in [0.05, 0.1) is 46.4 Å². The normalized spacial score (nSPS) is 12.3. The van der Waals surface area contributed by atoms with Crippen LogP contribution in [-0.2, 0) is 38.5 Å². The molecule has 0 saturated heterocycles. The highest BCUT2D eigenvalue weighted by atomic mass is 19.1. The quantitative estimate of drug-likeness (QED) is 0.0979. The van der Waals surface area contributed by atoms with Crippen molar-refractivity contribution in [2.24, 2.45) is 0 Å². The van der Waals surface area contributed by atoms with Crippen molar-refractivity contribution < 1.29 is 28.5 Å². The molecule has 1 aliphatic carbocycles. The molecule has 8 aromatic carbocycles. The van der Waals surface area contributed by atoms with Crippen LogP contribution in [-0.4, -0.2) is 42.5 Å². The van der Waals surface area contributed by atoms with Gasteiger partial charge in [0.2, 0.25) is 0 Å². The monoisotopic (exact) mass is 1100 g/mol. The molecule has 10 nitrogen and oxygen atoms in total. The van der Waals surface area contributed by atoms with Crippen molar-refractivity contribution >= 4 is 21.8 Å². The molecule has 0 atom stereocenters. The predicted molar refractivity (Wildman–Crippen MR) is 322 cm³/mol. The number of hydrogen-bond acceptors (Lipinski definition) is 8. The zero-order chi connectivity index (χ0) is 57.0. The molecule has 0 aliphatic heterocycles. The van der Waals surface area contributed by atoms with E-state index in [1.165, 1.54) is 24.3 Å². The first-order valence-electron chi connectivity index (χ1n) is 28.7. The summed E-state index contributed by atoms with van der Waals surface area (Å²) in [5.41, 5.74) is 9.73. The zero-order valence-electron chi connectivity index (χ0n) is 46.8. The number of phenols is 2. The van der Waals surface area contributed by atoms with Crippen molar-refractivity contribution in [1.29, 1.82) is 0 Å². The summed E-state index contributed by atoms with van der Waals surface area (Å²) in [5, 5.41) is 26.8. The van der Waals surface area contributed by atoms with Crippen LogP contribution in [0.15, 0.2) is 155 Å². The highest BCUT2D eigenvalue weighted by Gasteiger charge is 2.26. The van der Waals surface area contributed by atoms with Gasteiger partial charge in [-0.15, -0.1) is 0 Å². The van der Waals surface area contributed by atoms with E-state index in [4.69, 9.17) is 19.4 Å². The Balaban J connectivity index is 1.22. The van der Waals surface area contributed by atoms with Gasteiger partial charge in [-0.3, -0.25) is 18.7 Å². The van der Waals surface area contributed by atoms with Crippen LogP contribution in [0.5, 0.6) is 23.0 Å². The van der Waals surface area contributed by atoms with Gasteiger partial charge < -0.3 is 19.7 Å². The fourth-order valence-electron chi connectivity index (χ4n) is 11.4. The second kappa shape index (κ2) is 24.1. The molecule has 2 heterocycles. The minimum atomic E-state index is -0.424. The van der Waals surface area contributed by atoms with Crippen molar-refractivity contribution in [3.05, 3.63) is 234 Å².